The van der Waals surface area contributed by atoms with Gasteiger partial charge in [-0.25, -0.2) is 0 Å². The molecule has 7 heteroatoms. The van der Waals surface area contributed by atoms with Crippen molar-refractivity contribution in [3.63, 3.8) is 0 Å². The smallest absolute Gasteiger partial charge is 0.258 e. The maximum atomic E-state index is 11.8. The lowest BCUT2D eigenvalue weighted by Gasteiger charge is -2.08. The van der Waals surface area contributed by atoms with Crippen LogP contribution < -0.4 is 19.5 Å². The molecule has 0 unspecified atom stereocenters. The summed E-state index contributed by atoms with van der Waals surface area (Å²) in [4.78, 5) is 15.6. The molecule has 0 radical (unpaired) electrons. The van der Waals surface area contributed by atoms with Crippen molar-refractivity contribution in [2.75, 3.05) is 13.4 Å². The molecule has 0 spiro atoms. The van der Waals surface area contributed by atoms with E-state index < -0.39 is 0 Å². The Kier molecular flexibility index (Phi) is 4.29. The van der Waals surface area contributed by atoms with Crippen LogP contribution in [0.1, 0.15) is 5.56 Å². The van der Waals surface area contributed by atoms with Gasteiger partial charge in [0, 0.05) is 18.8 Å². The van der Waals surface area contributed by atoms with Gasteiger partial charge in [-0.1, -0.05) is 17.7 Å². The molecule has 0 aliphatic carbocycles. The van der Waals surface area contributed by atoms with Crippen LogP contribution in [0.4, 0.5) is 0 Å². The molecule has 0 saturated heterocycles. The largest absolute Gasteiger partial charge is 0.482 e. The predicted molar refractivity (Wildman–Crippen MR) is 79.2 cm³/mol. The fourth-order valence-electron chi connectivity index (χ4n) is 1.92. The highest BCUT2D eigenvalue weighted by Crippen LogP contribution is 2.32. The van der Waals surface area contributed by atoms with Gasteiger partial charge in [0.25, 0.3) is 5.91 Å². The highest BCUT2D eigenvalue weighted by molar-refractivity contribution is 6.30. The molecular weight excluding hydrogens is 308 g/mol. The highest BCUT2D eigenvalue weighted by Gasteiger charge is 2.13. The lowest BCUT2D eigenvalue weighted by Crippen LogP contribution is -2.28. The number of pyridine rings is 1. The van der Waals surface area contributed by atoms with Crippen LogP contribution in [0.15, 0.2) is 36.7 Å². The molecule has 114 valence electrons. The average molecular weight is 321 g/mol. The van der Waals surface area contributed by atoms with Crippen molar-refractivity contribution < 1.29 is 19.0 Å². The van der Waals surface area contributed by atoms with Gasteiger partial charge in [-0.05, 0) is 17.7 Å². The summed E-state index contributed by atoms with van der Waals surface area (Å²) in [5.74, 6) is 1.61. The lowest BCUT2D eigenvalue weighted by atomic mass is 10.2. The zero-order valence-corrected chi connectivity index (χ0v) is 12.3. The van der Waals surface area contributed by atoms with E-state index in [1.54, 1.807) is 6.07 Å². The van der Waals surface area contributed by atoms with Crippen LogP contribution in [0.2, 0.25) is 5.02 Å². The monoisotopic (exact) mass is 320 g/mol. The Bertz CT molecular complexity index is 693. The summed E-state index contributed by atoms with van der Waals surface area (Å²) in [6.45, 7) is 0.506. The van der Waals surface area contributed by atoms with E-state index in [1.807, 2.05) is 18.2 Å². The number of ether oxygens (including phenoxy) is 3. The predicted octanol–water partition coefficient (Wildman–Crippen LogP) is 2.16. The molecule has 22 heavy (non-hydrogen) atoms. The van der Waals surface area contributed by atoms with E-state index in [2.05, 4.69) is 10.3 Å². The van der Waals surface area contributed by atoms with Gasteiger partial charge >= 0.3 is 0 Å². The Hall–Kier alpha value is -2.47. The third-order valence-electron chi connectivity index (χ3n) is 2.98. The molecule has 1 amide bonds. The maximum absolute atomic E-state index is 11.8. The number of aromatic nitrogens is 1. The summed E-state index contributed by atoms with van der Waals surface area (Å²) in [5.41, 5.74) is 0.919. The quantitative estimate of drug-likeness (QED) is 0.914. The van der Waals surface area contributed by atoms with Crippen LogP contribution in [0.25, 0.3) is 0 Å². The minimum absolute atomic E-state index is 0.105. The number of carbonyl (C=O) groups excluding carboxylic acids is 1. The zero-order chi connectivity index (χ0) is 15.4. The van der Waals surface area contributed by atoms with Gasteiger partial charge in [-0.2, -0.15) is 0 Å². The van der Waals surface area contributed by atoms with Crippen molar-refractivity contribution in [1.29, 1.82) is 0 Å². The normalized spacial score (nSPS) is 12.0. The molecule has 0 fully saturated rings. The topological polar surface area (TPSA) is 69.7 Å². The third-order valence-corrected chi connectivity index (χ3v) is 3.18. The summed E-state index contributed by atoms with van der Waals surface area (Å²) in [5, 5.41) is 3.22. The van der Waals surface area contributed by atoms with Gasteiger partial charge in [0.2, 0.25) is 6.79 Å². The molecule has 2 aromatic rings. The van der Waals surface area contributed by atoms with Crippen molar-refractivity contribution >= 4 is 17.5 Å². The van der Waals surface area contributed by atoms with Crippen LogP contribution in [0, 0.1) is 0 Å². The van der Waals surface area contributed by atoms with Gasteiger partial charge in [0.15, 0.2) is 18.1 Å². The van der Waals surface area contributed by atoms with E-state index in [-0.39, 0.29) is 19.3 Å². The molecule has 3 rings (SSSR count). The van der Waals surface area contributed by atoms with Gasteiger partial charge in [-0.3, -0.25) is 9.78 Å². The first-order valence-electron chi connectivity index (χ1n) is 6.59. The number of benzene rings is 1. The fraction of sp³-hybridized carbons (Fsp3) is 0.200. The molecule has 0 atom stereocenters. The Morgan fingerprint density at radius 1 is 1.27 bits per heavy atom. The van der Waals surface area contributed by atoms with Crippen molar-refractivity contribution in [2.24, 2.45) is 0 Å². The summed E-state index contributed by atoms with van der Waals surface area (Å²) in [6.07, 6.45) is 2.99. The second kappa shape index (κ2) is 6.53. The first-order valence-corrected chi connectivity index (χ1v) is 6.97. The van der Waals surface area contributed by atoms with Crippen molar-refractivity contribution in [3.8, 4) is 17.2 Å². The summed E-state index contributed by atoms with van der Waals surface area (Å²) < 4.78 is 15.8. The van der Waals surface area contributed by atoms with Crippen LogP contribution in [0.5, 0.6) is 17.2 Å². The second-order valence-electron chi connectivity index (χ2n) is 4.59. The lowest BCUT2D eigenvalue weighted by molar-refractivity contribution is -0.123. The molecule has 0 saturated carbocycles. The zero-order valence-electron chi connectivity index (χ0n) is 11.5. The number of hydrogen-bond acceptors (Lipinski definition) is 5. The van der Waals surface area contributed by atoms with E-state index in [4.69, 9.17) is 25.8 Å². The van der Waals surface area contributed by atoms with E-state index in [0.717, 1.165) is 5.56 Å². The van der Waals surface area contributed by atoms with E-state index in [0.29, 0.717) is 28.8 Å². The summed E-state index contributed by atoms with van der Waals surface area (Å²) >= 11 is 5.78. The maximum Gasteiger partial charge on any atom is 0.258 e. The minimum atomic E-state index is -0.238. The Labute approximate surface area is 132 Å². The third kappa shape index (κ3) is 3.59. The van der Waals surface area contributed by atoms with Gasteiger partial charge in [0.1, 0.15) is 5.75 Å². The van der Waals surface area contributed by atoms with Gasteiger partial charge in [-0.15, -0.1) is 0 Å². The number of fused-ring (bicyclic) bond motifs is 1. The molecule has 1 aliphatic rings. The number of rotatable bonds is 5. The number of hydrogen-bond donors (Lipinski definition) is 1. The molecule has 0 bridgehead atoms. The molecule has 2 heterocycles. The molecule has 6 nitrogen and oxygen atoms in total. The molecule has 1 aromatic heterocycles. The number of nitrogens with zero attached hydrogens (tertiary/aromatic N) is 1. The standard InChI is InChI=1S/C15H13ClN2O4/c16-11-4-12(7-17-6-11)20-8-15(19)18-5-10-1-2-13-14(3-10)22-9-21-13/h1-4,6-7H,5,8-9H2,(H,18,19). The van der Waals surface area contributed by atoms with Crippen molar-refractivity contribution in [2.45, 2.75) is 6.54 Å². The molecule has 1 N–H and O–H groups in total. The van der Waals surface area contributed by atoms with Crippen LogP contribution in [-0.2, 0) is 11.3 Å². The van der Waals surface area contributed by atoms with Crippen molar-refractivity contribution in [1.82, 2.24) is 10.3 Å². The Morgan fingerprint density at radius 2 is 2.14 bits per heavy atom. The minimum Gasteiger partial charge on any atom is -0.482 e. The van der Waals surface area contributed by atoms with E-state index >= 15 is 0 Å². The summed E-state index contributed by atoms with van der Waals surface area (Å²) in [7, 11) is 0. The Morgan fingerprint density at radius 3 is 3.00 bits per heavy atom. The molecule has 1 aliphatic heterocycles. The molecular formula is C15H13ClN2O4. The molecule has 1 aromatic carbocycles. The van der Waals surface area contributed by atoms with E-state index in [1.165, 1.54) is 12.4 Å². The first kappa shape index (κ1) is 14.5. The SMILES string of the molecule is O=C(COc1cncc(Cl)c1)NCc1ccc2c(c1)OCO2. The number of halogens is 1. The van der Waals surface area contributed by atoms with Crippen LogP contribution >= 0.6 is 11.6 Å². The van der Waals surface area contributed by atoms with E-state index in [9.17, 15) is 4.79 Å². The Balaban J connectivity index is 1.48. The first-order chi connectivity index (χ1) is 10.7. The number of carbonyl (C=O) groups is 1. The van der Waals surface area contributed by atoms with Gasteiger partial charge < -0.3 is 19.5 Å². The number of amides is 1. The van der Waals surface area contributed by atoms with Crippen LogP contribution in [-0.4, -0.2) is 24.3 Å². The van der Waals surface area contributed by atoms with Gasteiger partial charge in [0.05, 0.1) is 11.2 Å². The number of nitrogens with one attached hydrogen (secondary N) is 1. The fourth-order valence-corrected chi connectivity index (χ4v) is 2.09. The highest BCUT2D eigenvalue weighted by atomic mass is 35.5. The van der Waals surface area contributed by atoms with Crippen molar-refractivity contribution in [3.05, 3.63) is 47.2 Å². The average Bonchev–Trinajstić information content (AvgIpc) is 2.98. The summed E-state index contributed by atoms with van der Waals surface area (Å²) in [6, 6.07) is 7.12. The van der Waals surface area contributed by atoms with Crippen LogP contribution in [0.3, 0.4) is 0 Å². The second-order valence-corrected chi connectivity index (χ2v) is 5.03.